The number of nitrogens with zero attached hydrogens (tertiary/aromatic N) is 4. The molecule has 0 aliphatic rings. The van der Waals surface area contributed by atoms with Gasteiger partial charge in [0.15, 0.2) is 0 Å². The predicted molar refractivity (Wildman–Crippen MR) is 107 cm³/mol. The van der Waals surface area contributed by atoms with E-state index in [1.807, 2.05) is 24.3 Å². The molecular formula is C19H14BrN5O3. The Kier molecular flexibility index (Phi) is 4.74. The molecule has 4 rings (SSSR count). The molecule has 0 saturated carbocycles. The molecule has 28 heavy (non-hydrogen) atoms. The fourth-order valence-electron chi connectivity index (χ4n) is 2.82. The number of aromatic nitrogens is 4. The summed E-state index contributed by atoms with van der Waals surface area (Å²) >= 11 is 3.39. The normalized spacial score (nSPS) is 10.9. The lowest BCUT2D eigenvalue weighted by Crippen LogP contribution is -2.09. The number of rotatable bonds is 4. The Morgan fingerprint density at radius 2 is 1.96 bits per heavy atom. The van der Waals surface area contributed by atoms with Crippen molar-refractivity contribution in [1.82, 2.24) is 20.2 Å². The average Bonchev–Trinajstić information content (AvgIpc) is 3.10. The summed E-state index contributed by atoms with van der Waals surface area (Å²) in [7, 11) is 0. The van der Waals surface area contributed by atoms with Crippen LogP contribution in [0.4, 0.5) is 5.69 Å². The molecule has 0 bridgehead atoms. The molecule has 2 heterocycles. The van der Waals surface area contributed by atoms with Gasteiger partial charge in [0.05, 0.1) is 6.54 Å². The van der Waals surface area contributed by atoms with Crippen LogP contribution in [0.25, 0.3) is 22.4 Å². The Labute approximate surface area is 167 Å². The summed E-state index contributed by atoms with van der Waals surface area (Å²) in [6.07, 6.45) is 0. The molecule has 0 aliphatic heterocycles. The van der Waals surface area contributed by atoms with Crippen molar-refractivity contribution in [3.05, 3.63) is 69.0 Å². The zero-order chi connectivity index (χ0) is 19.7. The Morgan fingerprint density at radius 3 is 2.71 bits per heavy atom. The molecule has 0 spiro atoms. The van der Waals surface area contributed by atoms with E-state index in [-0.39, 0.29) is 12.5 Å². The molecule has 1 N–H and O–H groups in total. The van der Waals surface area contributed by atoms with Gasteiger partial charge in [0, 0.05) is 40.2 Å². The number of carbonyl (C=O) groups is 1. The minimum atomic E-state index is -0.490. The number of tetrazole rings is 1. The number of halogens is 1. The summed E-state index contributed by atoms with van der Waals surface area (Å²) in [4.78, 5) is 24.6. The number of carbonyl (C=O) groups excluding carboxylic acids is 1. The fourth-order valence-corrected chi connectivity index (χ4v) is 3.08. The minimum Gasteiger partial charge on any atom is -0.423 e. The van der Waals surface area contributed by atoms with Crippen molar-refractivity contribution in [3.63, 3.8) is 0 Å². The maximum atomic E-state index is 12.0. The SMILES string of the molecule is CC(=O)Nc1ccc2c(Cn3nnc(-c4ccc(Br)cc4)n3)cc(=O)oc2c1. The van der Waals surface area contributed by atoms with Crippen LogP contribution in [-0.2, 0) is 11.3 Å². The minimum absolute atomic E-state index is 0.204. The lowest BCUT2D eigenvalue weighted by Gasteiger charge is -2.07. The van der Waals surface area contributed by atoms with Crippen LogP contribution in [0.3, 0.4) is 0 Å². The van der Waals surface area contributed by atoms with E-state index >= 15 is 0 Å². The number of benzene rings is 2. The lowest BCUT2D eigenvalue weighted by atomic mass is 10.1. The van der Waals surface area contributed by atoms with Crippen LogP contribution in [0.15, 0.2) is 62.2 Å². The molecule has 4 aromatic rings. The van der Waals surface area contributed by atoms with E-state index in [4.69, 9.17) is 4.42 Å². The highest BCUT2D eigenvalue weighted by Crippen LogP contribution is 2.22. The smallest absolute Gasteiger partial charge is 0.336 e. The van der Waals surface area contributed by atoms with Gasteiger partial charge < -0.3 is 9.73 Å². The van der Waals surface area contributed by atoms with Crippen LogP contribution in [0, 0.1) is 0 Å². The Hall–Kier alpha value is -3.33. The molecule has 2 aromatic carbocycles. The molecule has 0 saturated heterocycles. The van der Waals surface area contributed by atoms with Crippen LogP contribution < -0.4 is 10.9 Å². The van der Waals surface area contributed by atoms with Gasteiger partial charge in [-0.2, -0.15) is 4.80 Å². The van der Waals surface area contributed by atoms with E-state index in [9.17, 15) is 9.59 Å². The van der Waals surface area contributed by atoms with Crippen LogP contribution in [-0.4, -0.2) is 26.1 Å². The largest absolute Gasteiger partial charge is 0.423 e. The summed E-state index contributed by atoms with van der Waals surface area (Å²) in [6.45, 7) is 1.67. The molecule has 8 nitrogen and oxygen atoms in total. The third kappa shape index (κ3) is 3.84. The van der Waals surface area contributed by atoms with E-state index in [1.54, 1.807) is 18.2 Å². The quantitative estimate of drug-likeness (QED) is 0.489. The molecule has 0 atom stereocenters. The van der Waals surface area contributed by atoms with Crippen LogP contribution in [0.1, 0.15) is 12.5 Å². The number of hydrogen-bond donors (Lipinski definition) is 1. The van der Waals surface area contributed by atoms with E-state index in [0.717, 1.165) is 15.4 Å². The number of nitrogens with one attached hydrogen (secondary N) is 1. The fraction of sp³-hybridized carbons (Fsp3) is 0.105. The van der Waals surface area contributed by atoms with Crippen LogP contribution in [0.5, 0.6) is 0 Å². The van der Waals surface area contributed by atoms with Crippen molar-refractivity contribution in [2.24, 2.45) is 0 Å². The van der Waals surface area contributed by atoms with Gasteiger partial charge in [-0.25, -0.2) is 4.79 Å². The van der Waals surface area contributed by atoms with E-state index < -0.39 is 5.63 Å². The second-order valence-electron chi connectivity index (χ2n) is 6.13. The first-order chi connectivity index (χ1) is 13.5. The van der Waals surface area contributed by atoms with Gasteiger partial charge in [-0.15, -0.1) is 10.2 Å². The molecule has 0 radical (unpaired) electrons. The van der Waals surface area contributed by atoms with Crippen molar-refractivity contribution < 1.29 is 9.21 Å². The summed E-state index contributed by atoms with van der Waals surface area (Å²) in [5.74, 6) is 0.290. The van der Waals surface area contributed by atoms with Gasteiger partial charge >= 0.3 is 5.63 Å². The van der Waals surface area contributed by atoms with Crippen LogP contribution >= 0.6 is 15.9 Å². The Morgan fingerprint density at radius 1 is 1.18 bits per heavy atom. The topological polar surface area (TPSA) is 103 Å². The summed E-state index contributed by atoms with van der Waals surface area (Å²) in [6, 6.07) is 14.1. The number of fused-ring (bicyclic) bond motifs is 1. The van der Waals surface area contributed by atoms with Gasteiger partial charge in [-0.05, 0) is 47.2 Å². The molecular weight excluding hydrogens is 426 g/mol. The zero-order valence-electron chi connectivity index (χ0n) is 14.7. The Bertz CT molecular complexity index is 1230. The third-order valence-corrected chi connectivity index (χ3v) is 4.55. The number of amides is 1. The van der Waals surface area contributed by atoms with Gasteiger partial charge in [0.1, 0.15) is 5.58 Å². The highest BCUT2D eigenvalue weighted by molar-refractivity contribution is 9.10. The molecule has 1 amide bonds. The molecule has 140 valence electrons. The van der Waals surface area contributed by atoms with Gasteiger partial charge in [0.25, 0.3) is 0 Å². The first-order valence-corrected chi connectivity index (χ1v) is 9.15. The molecule has 0 unspecified atom stereocenters. The first-order valence-electron chi connectivity index (χ1n) is 8.36. The van der Waals surface area contributed by atoms with Crippen LogP contribution in [0.2, 0.25) is 0 Å². The van der Waals surface area contributed by atoms with Crippen molar-refractivity contribution >= 4 is 38.5 Å². The molecule has 0 aliphatic carbocycles. The third-order valence-electron chi connectivity index (χ3n) is 4.02. The standard InChI is InChI=1S/C19H14BrN5O3/c1-11(26)21-15-6-7-16-13(8-18(27)28-17(16)9-15)10-25-23-19(22-24-25)12-2-4-14(20)5-3-12/h2-9H,10H2,1H3,(H,21,26). The second-order valence-corrected chi connectivity index (χ2v) is 7.05. The van der Waals surface area contributed by atoms with E-state index in [2.05, 4.69) is 36.7 Å². The predicted octanol–water partition coefficient (Wildman–Crippen LogP) is 3.22. The second kappa shape index (κ2) is 7.35. The summed E-state index contributed by atoms with van der Waals surface area (Å²) in [5, 5.41) is 15.9. The highest BCUT2D eigenvalue weighted by Gasteiger charge is 2.11. The summed E-state index contributed by atoms with van der Waals surface area (Å²) < 4.78 is 6.23. The maximum Gasteiger partial charge on any atom is 0.336 e. The van der Waals surface area contributed by atoms with E-state index in [0.29, 0.717) is 22.7 Å². The Balaban J connectivity index is 1.67. The average molecular weight is 440 g/mol. The monoisotopic (exact) mass is 439 g/mol. The highest BCUT2D eigenvalue weighted by atomic mass is 79.9. The van der Waals surface area contributed by atoms with Gasteiger partial charge in [0.2, 0.25) is 11.7 Å². The maximum absolute atomic E-state index is 12.0. The van der Waals surface area contributed by atoms with Gasteiger partial charge in [-0.1, -0.05) is 15.9 Å². The van der Waals surface area contributed by atoms with Crippen molar-refractivity contribution in [2.75, 3.05) is 5.32 Å². The van der Waals surface area contributed by atoms with Crippen molar-refractivity contribution in [3.8, 4) is 11.4 Å². The van der Waals surface area contributed by atoms with Gasteiger partial charge in [-0.3, -0.25) is 4.79 Å². The van der Waals surface area contributed by atoms with Crippen molar-refractivity contribution in [1.29, 1.82) is 0 Å². The first kappa shape index (κ1) is 18.1. The van der Waals surface area contributed by atoms with Crippen molar-refractivity contribution in [2.45, 2.75) is 13.5 Å². The zero-order valence-corrected chi connectivity index (χ0v) is 16.3. The number of anilines is 1. The summed E-state index contributed by atoms with van der Waals surface area (Å²) in [5.41, 5.74) is 1.97. The molecule has 9 heteroatoms. The molecule has 2 aromatic heterocycles. The lowest BCUT2D eigenvalue weighted by molar-refractivity contribution is -0.114. The molecule has 0 fully saturated rings. The number of hydrogen-bond acceptors (Lipinski definition) is 6. The van der Waals surface area contributed by atoms with E-state index in [1.165, 1.54) is 17.8 Å².